The molecule has 8 nitrogen and oxygen atoms in total. The predicted octanol–water partition coefficient (Wildman–Crippen LogP) is 2.02. The van der Waals surface area contributed by atoms with E-state index < -0.39 is 10.0 Å². The highest BCUT2D eigenvalue weighted by atomic mass is 32.2. The Morgan fingerprint density at radius 1 is 1.17 bits per heavy atom. The molecule has 2 aromatic rings. The molecule has 30 heavy (non-hydrogen) atoms. The molecule has 1 saturated carbocycles. The normalized spacial score (nSPS) is 14.6. The number of aliphatic imine (C=N–C) groups is 1. The first-order chi connectivity index (χ1) is 14.5. The van der Waals surface area contributed by atoms with Gasteiger partial charge in [-0.3, -0.25) is 0 Å². The Morgan fingerprint density at radius 3 is 2.60 bits per heavy atom. The minimum atomic E-state index is -3.69. The first-order valence-corrected chi connectivity index (χ1v) is 11.8. The van der Waals surface area contributed by atoms with Gasteiger partial charge in [0.05, 0.1) is 17.7 Å². The van der Waals surface area contributed by atoms with E-state index in [1.54, 1.807) is 18.4 Å². The Bertz CT molecular complexity index is 892. The summed E-state index contributed by atoms with van der Waals surface area (Å²) < 4.78 is 33.8. The van der Waals surface area contributed by atoms with E-state index in [1.165, 1.54) is 25.0 Å². The average Bonchev–Trinajstić information content (AvgIpc) is 3.40. The number of hydrogen-bond acceptors (Lipinski definition) is 5. The third-order valence-corrected chi connectivity index (χ3v) is 5.65. The number of ether oxygens (including phenoxy) is 1. The molecule has 0 bridgehead atoms. The van der Waals surface area contributed by atoms with Crippen LogP contribution in [-0.2, 0) is 27.7 Å². The molecule has 0 atom stereocenters. The lowest BCUT2D eigenvalue weighted by molar-refractivity contribution is 0.123. The second-order valence-corrected chi connectivity index (χ2v) is 8.97. The van der Waals surface area contributed by atoms with Crippen molar-refractivity contribution >= 4 is 16.0 Å². The Kier molecular flexibility index (Phi) is 8.30. The van der Waals surface area contributed by atoms with Crippen LogP contribution in [0.3, 0.4) is 0 Å². The number of benzene rings is 1. The summed E-state index contributed by atoms with van der Waals surface area (Å²) in [6.07, 6.45) is 5.91. The molecule has 1 aromatic heterocycles. The van der Waals surface area contributed by atoms with Gasteiger partial charge in [-0.1, -0.05) is 12.1 Å². The minimum Gasteiger partial charge on any atom is -0.469 e. The van der Waals surface area contributed by atoms with E-state index in [9.17, 15) is 8.42 Å². The third-order valence-electron chi connectivity index (χ3n) is 4.72. The van der Waals surface area contributed by atoms with Gasteiger partial charge in [0.1, 0.15) is 5.76 Å². The van der Waals surface area contributed by atoms with Gasteiger partial charge in [-0.25, -0.2) is 18.5 Å². The monoisotopic (exact) mass is 434 g/mol. The van der Waals surface area contributed by atoms with Crippen LogP contribution < -0.4 is 15.8 Å². The molecular weight excluding hydrogens is 404 g/mol. The number of nitrogens with one attached hydrogen (secondary N) is 2. The highest BCUT2D eigenvalue weighted by molar-refractivity contribution is 7.89. The Labute approximate surface area is 178 Å². The number of furan rings is 1. The van der Waals surface area contributed by atoms with Crippen molar-refractivity contribution in [1.82, 2.24) is 10.6 Å². The van der Waals surface area contributed by atoms with Gasteiger partial charge in [-0.2, -0.15) is 0 Å². The highest BCUT2D eigenvalue weighted by Crippen LogP contribution is 2.28. The highest BCUT2D eigenvalue weighted by Gasteiger charge is 2.20. The molecule has 1 aliphatic carbocycles. The zero-order valence-electron chi connectivity index (χ0n) is 17.0. The van der Waals surface area contributed by atoms with E-state index in [4.69, 9.17) is 14.3 Å². The number of sulfonamides is 1. The Hall–Kier alpha value is -2.36. The van der Waals surface area contributed by atoms with E-state index in [0.29, 0.717) is 19.0 Å². The molecule has 1 aliphatic rings. The van der Waals surface area contributed by atoms with E-state index in [1.807, 2.05) is 12.1 Å². The van der Waals surface area contributed by atoms with Crippen molar-refractivity contribution in [2.75, 3.05) is 26.3 Å². The van der Waals surface area contributed by atoms with Gasteiger partial charge in [0, 0.05) is 32.7 Å². The van der Waals surface area contributed by atoms with Crippen LogP contribution in [-0.4, -0.2) is 40.7 Å². The van der Waals surface area contributed by atoms with E-state index >= 15 is 0 Å². The summed E-state index contributed by atoms with van der Waals surface area (Å²) in [5.74, 6) is 2.38. The van der Waals surface area contributed by atoms with Crippen LogP contribution >= 0.6 is 0 Å². The fourth-order valence-electron chi connectivity index (χ4n) is 2.80. The molecule has 0 unspecified atom stereocenters. The van der Waals surface area contributed by atoms with E-state index in [0.717, 1.165) is 49.8 Å². The third kappa shape index (κ3) is 8.17. The summed E-state index contributed by atoms with van der Waals surface area (Å²) in [7, 11) is -3.69. The number of guanidine groups is 1. The fraction of sp³-hybridized carbons (Fsp3) is 0.476. The zero-order valence-corrected chi connectivity index (χ0v) is 17.9. The Morgan fingerprint density at radius 2 is 1.93 bits per heavy atom. The standard InChI is InChI=1S/C21H30N4O4S/c22-30(26,27)20-8-6-17(7-9-20)15-25-21(24-12-10-19-3-1-14-29-19)23-11-2-13-28-16-18-4-5-18/h1,3,6-9,14,18H,2,4-5,10-13,15-16H2,(H2,22,26,27)(H2,23,24,25). The first-order valence-electron chi connectivity index (χ1n) is 10.2. The first kappa shape index (κ1) is 22.3. The van der Waals surface area contributed by atoms with Crippen molar-refractivity contribution in [3.63, 3.8) is 0 Å². The summed E-state index contributed by atoms with van der Waals surface area (Å²) in [5.41, 5.74) is 0.891. The number of hydrogen-bond donors (Lipinski definition) is 3. The van der Waals surface area contributed by atoms with Gasteiger partial charge in [-0.05, 0) is 55.0 Å². The smallest absolute Gasteiger partial charge is 0.238 e. The molecule has 3 rings (SSSR count). The van der Waals surface area contributed by atoms with Gasteiger partial charge in [-0.15, -0.1) is 0 Å². The summed E-state index contributed by atoms with van der Waals surface area (Å²) in [4.78, 5) is 4.70. The molecule has 0 spiro atoms. The molecule has 0 aliphatic heterocycles. The van der Waals surface area contributed by atoms with Gasteiger partial charge >= 0.3 is 0 Å². The SMILES string of the molecule is NS(=O)(=O)c1ccc(CN=C(NCCCOCC2CC2)NCCc2ccco2)cc1. The molecule has 1 heterocycles. The van der Waals surface area contributed by atoms with Crippen LogP contribution in [0.5, 0.6) is 0 Å². The molecule has 1 aromatic carbocycles. The van der Waals surface area contributed by atoms with Gasteiger partial charge in [0.2, 0.25) is 10.0 Å². The van der Waals surface area contributed by atoms with Gasteiger partial charge < -0.3 is 19.8 Å². The van der Waals surface area contributed by atoms with Crippen LogP contribution in [0.4, 0.5) is 0 Å². The molecular formula is C21H30N4O4S. The summed E-state index contributed by atoms with van der Waals surface area (Å²) >= 11 is 0. The minimum absolute atomic E-state index is 0.0938. The lowest BCUT2D eigenvalue weighted by Crippen LogP contribution is -2.39. The zero-order chi connectivity index (χ0) is 21.2. The van der Waals surface area contributed by atoms with Crippen LogP contribution in [0, 0.1) is 5.92 Å². The van der Waals surface area contributed by atoms with E-state index in [2.05, 4.69) is 15.6 Å². The quantitative estimate of drug-likeness (QED) is 0.267. The van der Waals surface area contributed by atoms with Crippen LogP contribution in [0.25, 0.3) is 0 Å². The lowest BCUT2D eigenvalue weighted by Gasteiger charge is -2.12. The largest absolute Gasteiger partial charge is 0.469 e. The number of primary sulfonamides is 1. The summed E-state index contributed by atoms with van der Waals surface area (Å²) in [6, 6.07) is 10.2. The van der Waals surface area contributed by atoms with Gasteiger partial charge in [0.25, 0.3) is 0 Å². The molecule has 1 fully saturated rings. The Balaban J connectivity index is 1.48. The number of nitrogens with two attached hydrogens (primary N) is 1. The van der Waals surface area contributed by atoms with Crippen LogP contribution in [0.1, 0.15) is 30.6 Å². The molecule has 0 saturated heterocycles. The molecule has 4 N–H and O–H groups in total. The second kappa shape index (κ2) is 11.1. The maximum atomic E-state index is 11.4. The van der Waals surface area contributed by atoms with Crippen molar-refractivity contribution < 1.29 is 17.6 Å². The van der Waals surface area contributed by atoms with E-state index in [-0.39, 0.29) is 4.90 Å². The van der Waals surface area contributed by atoms with Crippen LogP contribution in [0.15, 0.2) is 57.0 Å². The van der Waals surface area contributed by atoms with Crippen molar-refractivity contribution in [1.29, 1.82) is 0 Å². The number of rotatable bonds is 12. The number of nitrogens with zero attached hydrogens (tertiary/aromatic N) is 1. The van der Waals surface area contributed by atoms with Crippen molar-refractivity contribution in [2.24, 2.45) is 16.0 Å². The average molecular weight is 435 g/mol. The molecule has 9 heteroatoms. The lowest BCUT2D eigenvalue weighted by atomic mass is 10.2. The predicted molar refractivity (Wildman–Crippen MR) is 116 cm³/mol. The van der Waals surface area contributed by atoms with Crippen molar-refractivity contribution in [2.45, 2.75) is 37.1 Å². The maximum absolute atomic E-state index is 11.4. The topological polar surface area (TPSA) is 119 Å². The van der Waals surface area contributed by atoms with Crippen LogP contribution in [0.2, 0.25) is 0 Å². The maximum Gasteiger partial charge on any atom is 0.238 e. The molecule has 164 valence electrons. The molecule has 0 amide bonds. The van der Waals surface area contributed by atoms with Crippen molar-refractivity contribution in [3.8, 4) is 0 Å². The summed E-state index contributed by atoms with van der Waals surface area (Å²) in [6.45, 7) is 3.46. The summed E-state index contributed by atoms with van der Waals surface area (Å²) in [5, 5.41) is 11.8. The second-order valence-electron chi connectivity index (χ2n) is 7.41. The fourth-order valence-corrected chi connectivity index (χ4v) is 3.32. The molecule has 0 radical (unpaired) electrons. The van der Waals surface area contributed by atoms with Crippen molar-refractivity contribution in [3.05, 3.63) is 54.0 Å². The van der Waals surface area contributed by atoms with Gasteiger partial charge in [0.15, 0.2) is 5.96 Å².